The summed E-state index contributed by atoms with van der Waals surface area (Å²) in [5, 5.41) is 0. The van der Waals surface area contributed by atoms with Crippen LogP contribution >= 0.6 is 11.6 Å². The summed E-state index contributed by atoms with van der Waals surface area (Å²) in [6.07, 6.45) is 0.449. The fraction of sp³-hybridized carbons (Fsp3) is 0.500. The lowest BCUT2D eigenvalue weighted by Gasteiger charge is -2.26. The summed E-state index contributed by atoms with van der Waals surface area (Å²) in [5.41, 5.74) is 1.45. The van der Waals surface area contributed by atoms with Crippen molar-refractivity contribution in [3.8, 4) is 0 Å². The number of alkyl halides is 1. The SMILES string of the molecule is CC(C)(C)C1CC(=O)N(C(=O)c2cccc(CCl)c2)C1. The second-order valence-electron chi connectivity index (χ2n) is 6.41. The predicted octanol–water partition coefficient (Wildman–Crippen LogP) is 3.46. The summed E-state index contributed by atoms with van der Waals surface area (Å²) in [5.74, 6) is 0.287. The molecule has 1 aromatic rings. The van der Waals surface area contributed by atoms with E-state index in [2.05, 4.69) is 20.8 Å². The van der Waals surface area contributed by atoms with Crippen molar-refractivity contribution < 1.29 is 9.59 Å². The molecule has 4 heteroatoms. The smallest absolute Gasteiger partial charge is 0.260 e. The second kappa shape index (κ2) is 5.57. The lowest BCUT2D eigenvalue weighted by atomic mass is 9.80. The fourth-order valence-electron chi connectivity index (χ4n) is 2.43. The minimum atomic E-state index is -0.214. The van der Waals surface area contributed by atoms with E-state index in [9.17, 15) is 9.59 Å². The number of nitrogens with zero attached hydrogens (tertiary/aromatic N) is 1. The summed E-state index contributed by atoms with van der Waals surface area (Å²) >= 11 is 5.78. The van der Waals surface area contributed by atoms with Crippen LogP contribution in [0.25, 0.3) is 0 Å². The lowest BCUT2D eigenvalue weighted by Crippen LogP contribution is -2.33. The maximum atomic E-state index is 12.5. The van der Waals surface area contributed by atoms with Crippen LogP contribution in [0.15, 0.2) is 24.3 Å². The van der Waals surface area contributed by atoms with E-state index >= 15 is 0 Å². The molecule has 0 radical (unpaired) electrons. The maximum Gasteiger partial charge on any atom is 0.260 e. The largest absolute Gasteiger partial charge is 0.278 e. The Labute approximate surface area is 124 Å². The molecule has 0 aliphatic carbocycles. The van der Waals surface area contributed by atoms with Crippen molar-refractivity contribution in [1.82, 2.24) is 4.90 Å². The van der Waals surface area contributed by atoms with Gasteiger partial charge in [0.25, 0.3) is 5.91 Å². The van der Waals surface area contributed by atoms with Crippen molar-refractivity contribution in [2.45, 2.75) is 33.1 Å². The molecule has 1 aromatic carbocycles. The van der Waals surface area contributed by atoms with E-state index in [4.69, 9.17) is 11.6 Å². The number of hydrogen-bond donors (Lipinski definition) is 0. The quantitative estimate of drug-likeness (QED) is 0.618. The molecule has 0 saturated carbocycles. The molecule has 0 spiro atoms. The second-order valence-corrected chi connectivity index (χ2v) is 6.68. The average Bonchev–Trinajstić information content (AvgIpc) is 2.80. The first-order valence-corrected chi connectivity index (χ1v) is 7.36. The number of carbonyl (C=O) groups is 2. The van der Waals surface area contributed by atoms with Crippen LogP contribution in [0.4, 0.5) is 0 Å². The Morgan fingerprint density at radius 1 is 1.40 bits per heavy atom. The first-order valence-electron chi connectivity index (χ1n) is 6.82. The molecule has 0 bridgehead atoms. The van der Waals surface area contributed by atoms with Gasteiger partial charge in [0, 0.05) is 24.4 Å². The van der Waals surface area contributed by atoms with Gasteiger partial charge in [-0.3, -0.25) is 14.5 Å². The van der Waals surface area contributed by atoms with Gasteiger partial charge in [-0.05, 0) is 29.0 Å². The molecular weight excluding hydrogens is 274 g/mol. The average molecular weight is 294 g/mol. The minimum Gasteiger partial charge on any atom is -0.278 e. The monoisotopic (exact) mass is 293 g/mol. The Morgan fingerprint density at radius 2 is 2.10 bits per heavy atom. The number of likely N-dealkylation sites (tertiary alicyclic amines) is 1. The van der Waals surface area contributed by atoms with E-state index in [1.54, 1.807) is 18.2 Å². The maximum absolute atomic E-state index is 12.5. The molecule has 1 aliphatic rings. The van der Waals surface area contributed by atoms with Crippen LogP contribution in [0.1, 0.15) is 43.1 Å². The van der Waals surface area contributed by atoms with Crippen LogP contribution in [-0.4, -0.2) is 23.3 Å². The topological polar surface area (TPSA) is 37.4 Å². The zero-order valence-electron chi connectivity index (χ0n) is 12.1. The Balaban J connectivity index is 2.19. The van der Waals surface area contributed by atoms with E-state index < -0.39 is 0 Å². The van der Waals surface area contributed by atoms with Crippen molar-refractivity contribution in [2.24, 2.45) is 11.3 Å². The van der Waals surface area contributed by atoms with Crippen LogP contribution in [-0.2, 0) is 10.7 Å². The molecule has 1 heterocycles. The van der Waals surface area contributed by atoms with Gasteiger partial charge in [0.1, 0.15) is 0 Å². The highest BCUT2D eigenvalue weighted by atomic mass is 35.5. The molecule has 1 saturated heterocycles. The van der Waals surface area contributed by atoms with Crippen molar-refractivity contribution in [3.05, 3.63) is 35.4 Å². The predicted molar refractivity (Wildman–Crippen MR) is 79.6 cm³/mol. The van der Waals surface area contributed by atoms with Crippen molar-refractivity contribution >= 4 is 23.4 Å². The number of imide groups is 1. The zero-order chi connectivity index (χ0) is 14.9. The Kier molecular flexibility index (Phi) is 4.19. The standard InChI is InChI=1S/C16H20ClNO2/c1-16(2,3)13-8-14(19)18(10-13)15(20)12-6-4-5-11(7-12)9-17/h4-7,13H,8-10H2,1-3H3. The van der Waals surface area contributed by atoms with Gasteiger partial charge in [-0.15, -0.1) is 11.6 Å². The van der Waals surface area contributed by atoms with Gasteiger partial charge in [0.2, 0.25) is 5.91 Å². The number of carbonyl (C=O) groups excluding carboxylic acids is 2. The van der Waals surface area contributed by atoms with Gasteiger partial charge in [-0.1, -0.05) is 32.9 Å². The molecule has 1 atom stereocenters. The Bertz CT molecular complexity index is 534. The summed E-state index contributed by atoms with van der Waals surface area (Å²) in [7, 11) is 0. The van der Waals surface area contributed by atoms with Gasteiger partial charge in [0.05, 0.1) is 0 Å². The normalized spacial score (nSPS) is 19.5. The highest BCUT2D eigenvalue weighted by Crippen LogP contribution is 2.34. The van der Waals surface area contributed by atoms with Crippen LogP contribution in [0, 0.1) is 11.3 Å². The van der Waals surface area contributed by atoms with Crippen LogP contribution in [0.2, 0.25) is 0 Å². The van der Waals surface area contributed by atoms with Gasteiger partial charge < -0.3 is 0 Å². The first-order chi connectivity index (χ1) is 9.32. The van der Waals surface area contributed by atoms with Crippen LogP contribution in [0.5, 0.6) is 0 Å². The van der Waals surface area contributed by atoms with E-state index in [1.807, 2.05) is 6.07 Å². The summed E-state index contributed by atoms with van der Waals surface area (Å²) in [4.78, 5) is 25.9. The fourth-order valence-corrected chi connectivity index (χ4v) is 2.59. The molecular formula is C16H20ClNO2. The summed E-state index contributed by atoms with van der Waals surface area (Å²) < 4.78 is 0. The summed E-state index contributed by atoms with van der Waals surface area (Å²) in [6, 6.07) is 7.16. The molecule has 20 heavy (non-hydrogen) atoms. The molecule has 1 fully saturated rings. The molecule has 0 aromatic heterocycles. The number of rotatable bonds is 2. The number of halogens is 1. The van der Waals surface area contributed by atoms with E-state index in [0.29, 0.717) is 24.4 Å². The summed E-state index contributed by atoms with van der Waals surface area (Å²) in [6.45, 7) is 6.82. The zero-order valence-corrected chi connectivity index (χ0v) is 12.9. The lowest BCUT2D eigenvalue weighted by molar-refractivity contribution is -0.125. The molecule has 2 amide bonds. The third-order valence-electron chi connectivity index (χ3n) is 3.92. The van der Waals surface area contributed by atoms with Gasteiger partial charge >= 0.3 is 0 Å². The molecule has 1 aliphatic heterocycles. The van der Waals surface area contributed by atoms with Gasteiger partial charge in [0.15, 0.2) is 0 Å². The number of amides is 2. The van der Waals surface area contributed by atoms with Crippen LogP contribution < -0.4 is 0 Å². The highest BCUT2D eigenvalue weighted by Gasteiger charge is 2.39. The molecule has 1 unspecified atom stereocenters. The van der Waals surface area contributed by atoms with Crippen LogP contribution in [0.3, 0.4) is 0 Å². The Morgan fingerprint density at radius 3 is 2.65 bits per heavy atom. The van der Waals surface area contributed by atoms with Crippen molar-refractivity contribution in [1.29, 1.82) is 0 Å². The third kappa shape index (κ3) is 3.04. The van der Waals surface area contributed by atoms with Gasteiger partial charge in [-0.25, -0.2) is 0 Å². The molecule has 0 N–H and O–H groups in total. The Hall–Kier alpha value is -1.35. The third-order valence-corrected chi connectivity index (χ3v) is 4.23. The molecule has 108 valence electrons. The van der Waals surface area contributed by atoms with Crippen molar-refractivity contribution in [2.75, 3.05) is 6.54 Å². The molecule has 2 rings (SSSR count). The van der Waals surface area contributed by atoms with E-state index in [1.165, 1.54) is 4.90 Å². The van der Waals surface area contributed by atoms with E-state index in [0.717, 1.165) is 5.56 Å². The number of benzene rings is 1. The minimum absolute atomic E-state index is 0.0304. The van der Waals surface area contributed by atoms with Crippen molar-refractivity contribution in [3.63, 3.8) is 0 Å². The molecule has 3 nitrogen and oxygen atoms in total. The van der Waals surface area contributed by atoms with Gasteiger partial charge in [-0.2, -0.15) is 0 Å². The highest BCUT2D eigenvalue weighted by molar-refractivity contribution is 6.17. The number of hydrogen-bond acceptors (Lipinski definition) is 2. The van der Waals surface area contributed by atoms with E-state index in [-0.39, 0.29) is 23.1 Å². The first kappa shape index (κ1) is 15.0.